The minimum Gasteiger partial charge on any atom is -0.446 e. The summed E-state index contributed by atoms with van der Waals surface area (Å²) in [4.78, 5) is 17.3. The van der Waals surface area contributed by atoms with Gasteiger partial charge in [-0.2, -0.15) is 0 Å². The van der Waals surface area contributed by atoms with Crippen molar-refractivity contribution < 1.29 is 9.53 Å². The van der Waals surface area contributed by atoms with Crippen LogP contribution in [0, 0.1) is 0 Å². The predicted molar refractivity (Wildman–Crippen MR) is 94.0 cm³/mol. The normalized spacial score (nSPS) is 25.8. The van der Waals surface area contributed by atoms with E-state index < -0.39 is 0 Å². The number of piperazine rings is 1. The van der Waals surface area contributed by atoms with Crippen molar-refractivity contribution in [1.82, 2.24) is 9.80 Å². The third kappa shape index (κ3) is 3.75. The molecule has 0 N–H and O–H groups in total. The van der Waals surface area contributed by atoms with Gasteiger partial charge in [0.2, 0.25) is 0 Å². The highest BCUT2D eigenvalue weighted by Gasteiger charge is 2.38. The fourth-order valence-electron chi connectivity index (χ4n) is 4.17. The van der Waals surface area contributed by atoms with Gasteiger partial charge in [0.25, 0.3) is 0 Å². The van der Waals surface area contributed by atoms with Crippen molar-refractivity contribution in [3.05, 3.63) is 35.9 Å². The summed E-state index contributed by atoms with van der Waals surface area (Å²) in [6, 6.07) is 11.5. The number of benzene rings is 1. The second-order valence-corrected chi connectivity index (χ2v) is 7.55. The lowest BCUT2D eigenvalue weighted by atomic mass is 10.0. The van der Waals surface area contributed by atoms with Crippen LogP contribution >= 0.6 is 0 Å². The Morgan fingerprint density at radius 1 is 1.04 bits per heavy atom. The molecule has 2 aliphatic carbocycles. The van der Waals surface area contributed by atoms with E-state index in [0.29, 0.717) is 0 Å². The Kier molecular flexibility index (Phi) is 4.74. The van der Waals surface area contributed by atoms with Crippen LogP contribution in [-0.2, 0) is 11.2 Å². The first-order chi connectivity index (χ1) is 11.8. The third-order valence-corrected chi connectivity index (χ3v) is 5.70. The van der Waals surface area contributed by atoms with E-state index in [2.05, 4.69) is 29.2 Å². The number of ether oxygens (including phenoxy) is 1. The van der Waals surface area contributed by atoms with Gasteiger partial charge in [0.15, 0.2) is 0 Å². The summed E-state index contributed by atoms with van der Waals surface area (Å²) >= 11 is 0. The Morgan fingerprint density at radius 3 is 2.50 bits per heavy atom. The molecule has 0 radical (unpaired) electrons. The molecule has 4 heteroatoms. The highest BCUT2D eigenvalue weighted by Crippen LogP contribution is 2.30. The van der Waals surface area contributed by atoms with Crippen LogP contribution in [0.1, 0.15) is 44.1 Å². The molecule has 3 fully saturated rings. The number of nitrogens with zero attached hydrogens (tertiary/aromatic N) is 2. The zero-order valence-electron chi connectivity index (χ0n) is 14.4. The van der Waals surface area contributed by atoms with E-state index in [9.17, 15) is 4.79 Å². The van der Waals surface area contributed by atoms with Crippen LogP contribution < -0.4 is 0 Å². The van der Waals surface area contributed by atoms with Crippen LogP contribution in [0.3, 0.4) is 0 Å². The zero-order chi connectivity index (χ0) is 16.4. The first kappa shape index (κ1) is 15.9. The van der Waals surface area contributed by atoms with Gasteiger partial charge in [-0.05, 0) is 50.5 Å². The van der Waals surface area contributed by atoms with Crippen LogP contribution in [0.5, 0.6) is 0 Å². The SMILES string of the molecule is O=C(OC1CCCC1)N1CCN(C2CC2)CC1Cc1ccccc1. The van der Waals surface area contributed by atoms with Crippen molar-refractivity contribution in [2.45, 2.75) is 63.1 Å². The number of carbonyl (C=O) groups is 1. The largest absolute Gasteiger partial charge is 0.446 e. The van der Waals surface area contributed by atoms with E-state index in [1.807, 2.05) is 11.0 Å². The quantitative estimate of drug-likeness (QED) is 0.848. The molecule has 2 saturated carbocycles. The molecule has 3 aliphatic rings. The lowest BCUT2D eigenvalue weighted by Crippen LogP contribution is -2.56. The minimum atomic E-state index is -0.0849. The molecule has 0 spiro atoms. The smallest absolute Gasteiger partial charge is 0.410 e. The molecule has 1 amide bonds. The molecule has 1 saturated heterocycles. The van der Waals surface area contributed by atoms with E-state index in [1.165, 1.54) is 31.2 Å². The van der Waals surface area contributed by atoms with Crippen LogP contribution in [0.4, 0.5) is 4.79 Å². The van der Waals surface area contributed by atoms with E-state index in [1.54, 1.807) is 0 Å². The Hall–Kier alpha value is -1.55. The molecule has 0 bridgehead atoms. The van der Waals surface area contributed by atoms with Crippen molar-refractivity contribution in [1.29, 1.82) is 0 Å². The van der Waals surface area contributed by atoms with Gasteiger partial charge < -0.3 is 9.64 Å². The molecule has 24 heavy (non-hydrogen) atoms. The number of amides is 1. The number of rotatable bonds is 4. The van der Waals surface area contributed by atoms with Crippen molar-refractivity contribution in [2.24, 2.45) is 0 Å². The van der Waals surface area contributed by atoms with Gasteiger partial charge in [-0.1, -0.05) is 30.3 Å². The lowest BCUT2D eigenvalue weighted by Gasteiger charge is -2.41. The average Bonchev–Trinajstić information content (AvgIpc) is 3.34. The minimum absolute atomic E-state index is 0.0849. The summed E-state index contributed by atoms with van der Waals surface area (Å²) in [5, 5.41) is 0. The van der Waals surface area contributed by atoms with E-state index in [4.69, 9.17) is 4.74 Å². The Morgan fingerprint density at radius 2 is 1.79 bits per heavy atom. The third-order valence-electron chi connectivity index (χ3n) is 5.70. The first-order valence-electron chi connectivity index (χ1n) is 9.55. The van der Waals surface area contributed by atoms with Gasteiger partial charge >= 0.3 is 6.09 Å². The average molecular weight is 328 g/mol. The van der Waals surface area contributed by atoms with Crippen molar-refractivity contribution in [3.63, 3.8) is 0 Å². The fourth-order valence-corrected chi connectivity index (χ4v) is 4.17. The molecule has 1 aromatic rings. The fraction of sp³-hybridized carbons (Fsp3) is 0.650. The van der Waals surface area contributed by atoms with E-state index >= 15 is 0 Å². The second-order valence-electron chi connectivity index (χ2n) is 7.55. The van der Waals surface area contributed by atoms with Crippen molar-refractivity contribution >= 4 is 6.09 Å². The van der Waals surface area contributed by atoms with Crippen LogP contribution in [0.25, 0.3) is 0 Å². The number of hydrogen-bond donors (Lipinski definition) is 0. The number of carbonyl (C=O) groups excluding carboxylic acids is 1. The Labute approximate surface area is 144 Å². The van der Waals surface area contributed by atoms with Gasteiger partial charge in [0.1, 0.15) is 6.10 Å². The van der Waals surface area contributed by atoms with Gasteiger partial charge in [-0.15, -0.1) is 0 Å². The molecular weight excluding hydrogens is 300 g/mol. The van der Waals surface area contributed by atoms with Gasteiger partial charge in [0, 0.05) is 25.7 Å². The maximum absolute atomic E-state index is 12.7. The summed E-state index contributed by atoms with van der Waals surface area (Å²) in [7, 11) is 0. The summed E-state index contributed by atoms with van der Waals surface area (Å²) in [5.41, 5.74) is 1.30. The highest BCUT2D eigenvalue weighted by atomic mass is 16.6. The van der Waals surface area contributed by atoms with Gasteiger partial charge in [-0.25, -0.2) is 4.79 Å². The molecule has 4 rings (SSSR count). The van der Waals surface area contributed by atoms with Crippen LogP contribution in [0.2, 0.25) is 0 Å². The molecule has 4 nitrogen and oxygen atoms in total. The predicted octanol–water partition coefficient (Wildman–Crippen LogP) is 3.46. The number of hydrogen-bond acceptors (Lipinski definition) is 3. The molecule has 1 aromatic carbocycles. The lowest BCUT2D eigenvalue weighted by molar-refractivity contribution is 0.0239. The Balaban J connectivity index is 1.44. The summed E-state index contributed by atoms with van der Waals surface area (Å²) in [6.45, 7) is 2.79. The second kappa shape index (κ2) is 7.14. The maximum Gasteiger partial charge on any atom is 0.410 e. The zero-order valence-corrected chi connectivity index (χ0v) is 14.4. The molecule has 130 valence electrons. The molecular formula is C20H28N2O2. The van der Waals surface area contributed by atoms with E-state index in [-0.39, 0.29) is 18.2 Å². The van der Waals surface area contributed by atoms with Crippen LogP contribution in [0.15, 0.2) is 30.3 Å². The monoisotopic (exact) mass is 328 g/mol. The highest BCUT2D eigenvalue weighted by molar-refractivity contribution is 5.68. The summed E-state index contributed by atoms with van der Waals surface area (Å²) in [5.74, 6) is 0. The maximum atomic E-state index is 12.7. The standard InChI is InChI=1S/C20H28N2O2/c23-20(24-19-8-4-5-9-19)22-13-12-21(17-10-11-17)15-18(22)14-16-6-2-1-3-7-16/h1-3,6-7,17-19H,4-5,8-15H2. The first-order valence-corrected chi connectivity index (χ1v) is 9.55. The molecule has 0 aromatic heterocycles. The van der Waals surface area contributed by atoms with Gasteiger partial charge in [-0.3, -0.25) is 4.90 Å². The van der Waals surface area contributed by atoms with Crippen molar-refractivity contribution in [2.75, 3.05) is 19.6 Å². The Bertz CT molecular complexity index is 552. The topological polar surface area (TPSA) is 32.8 Å². The van der Waals surface area contributed by atoms with Crippen molar-refractivity contribution in [3.8, 4) is 0 Å². The molecule has 1 aliphatic heterocycles. The van der Waals surface area contributed by atoms with E-state index in [0.717, 1.165) is 44.9 Å². The van der Waals surface area contributed by atoms with Crippen LogP contribution in [-0.4, -0.2) is 53.7 Å². The van der Waals surface area contributed by atoms with Gasteiger partial charge in [0.05, 0.1) is 6.04 Å². The molecule has 1 atom stereocenters. The molecule has 1 unspecified atom stereocenters. The summed E-state index contributed by atoms with van der Waals surface area (Å²) < 4.78 is 5.80. The molecule has 1 heterocycles. The summed E-state index contributed by atoms with van der Waals surface area (Å²) in [6.07, 6.45) is 8.10.